The molecule has 0 aromatic heterocycles. The summed E-state index contributed by atoms with van der Waals surface area (Å²) in [5.74, 6) is -0.394. The molecule has 0 heterocycles. The van der Waals surface area contributed by atoms with Crippen LogP contribution in [0.1, 0.15) is 19.3 Å². The number of carbonyl (C=O) groups excluding carboxylic acids is 2. The van der Waals surface area contributed by atoms with Crippen LogP contribution < -0.4 is 5.32 Å². The summed E-state index contributed by atoms with van der Waals surface area (Å²) in [5, 5.41) is 2.70. The predicted molar refractivity (Wildman–Crippen MR) is 78.3 cm³/mol. The Balaban J connectivity index is 1.89. The maximum absolute atomic E-state index is 11.9. The van der Waals surface area contributed by atoms with Gasteiger partial charge in [0, 0.05) is 14.5 Å². The van der Waals surface area contributed by atoms with Crippen molar-refractivity contribution in [3.63, 3.8) is 0 Å². The lowest BCUT2D eigenvalue weighted by Gasteiger charge is -2.17. The van der Waals surface area contributed by atoms with Crippen molar-refractivity contribution >= 4 is 20.1 Å². The van der Waals surface area contributed by atoms with Crippen LogP contribution in [0.4, 0.5) is 4.79 Å². The van der Waals surface area contributed by atoms with E-state index in [9.17, 15) is 9.59 Å². The van der Waals surface area contributed by atoms with Crippen LogP contribution in [0.25, 0.3) is 0 Å². The fourth-order valence-electron chi connectivity index (χ4n) is 2.21. The molecule has 2 aliphatic carbocycles. The lowest BCUT2D eigenvalue weighted by molar-refractivity contribution is -0.143. The first-order chi connectivity index (χ1) is 9.28. The van der Waals surface area contributed by atoms with Crippen LogP contribution in [0.15, 0.2) is 11.1 Å². The Morgan fingerprint density at radius 1 is 1.30 bits per heavy atom. The number of hydrogen-bond acceptors (Lipinski definition) is 4. The van der Waals surface area contributed by atoms with Crippen molar-refractivity contribution in [1.82, 2.24) is 5.32 Å². The second kappa shape index (κ2) is 5.24. The van der Waals surface area contributed by atoms with Crippen molar-refractivity contribution in [3.05, 3.63) is 11.1 Å². The molecule has 6 heteroatoms. The van der Waals surface area contributed by atoms with Crippen LogP contribution in [0.5, 0.6) is 0 Å². The van der Waals surface area contributed by atoms with E-state index in [1.807, 2.05) is 0 Å². The summed E-state index contributed by atoms with van der Waals surface area (Å²) in [5.41, 5.74) is 1.36. The summed E-state index contributed by atoms with van der Waals surface area (Å²) in [6, 6.07) is 0.916. The number of esters is 1. The summed E-state index contributed by atoms with van der Waals surface area (Å²) >= 11 is 0. The number of carbonyl (C=O) groups is 2. The zero-order valence-corrected chi connectivity index (χ0v) is 13.7. The zero-order valence-electron chi connectivity index (χ0n) is 12.7. The fraction of sp³-hybridized carbons (Fsp3) is 0.714. The van der Waals surface area contributed by atoms with Gasteiger partial charge in [-0.1, -0.05) is 25.2 Å². The molecule has 0 saturated heterocycles. The molecular weight excluding hydrogens is 274 g/mol. The summed E-state index contributed by atoms with van der Waals surface area (Å²) in [6.45, 7) is 7.08. The van der Waals surface area contributed by atoms with E-state index in [4.69, 9.17) is 9.47 Å². The standard InChI is InChI=1S/C14H23NO4Si/c1-18-12(16)14(9-11(14)10-5-6-10)15-13(17)19-7-8-20(2,3)4/h5-9H2,1-4H3,(H,15,17). The molecule has 0 radical (unpaired) electrons. The number of rotatable bonds is 5. The van der Waals surface area contributed by atoms with E-state index in [-0.39, 0.29) is 0 Å². The molecule has 20 heavy (non-hydrogen) atoms. The Morgan fingerprint density at radius 2 is 1.95 bits per heavy atom. The minimum atomic E-state index is -1.22. The van der Waals surface area contributed by atoms with Gasteiger partial charge in [-0.25, -0.2) is 9.59 Å². The van der Waals surface area contributed by atoms with Crippen molar-refractivity contribution in [2.75, 3.05) is 13.7 Å². The quantitative estimate of drug-likeness (QED) is 0.481. The Kier molecular flexibility index (Phi) is 3.95. The average Bonchev–Trinajstić information content (AvgIpc) is 3.19. The molecule has 5 nitrogen and oxygen atoms in total. The van der Waals surface area contributed by atoms with Gasteiger partial charge in [0.15, 0.2) is 5.54 Å². The van der Waals surface area contributed by atoms with Crippen molar-refractivity contribution in [3.8, 4) is 0 Å². The molecule has 0 aromatic carbocycles. The SMILES string of the molecule is COC(=O)C1(NC(=O)OCC[Si](C)(C)C)CC1=C1CC1. The molecule has 1 N–H and O–H groups in total. The summed E-state index contributed by atoms with van der Waals surface area (Å²) in [7, 11) is 0.120. The largest absolute Gasteiger partial charge is 0.467 e. The highest BCUT2D eigenvalue weighted by atomic mass is 28.3. The molecule has 0 bridgehead atoms. The molecular formula is C14H23NO4Si. The zero-order chi connectivity index (χ0) is 15.0. The minimum absolute atomic E-state index is 0.394. The van der Waals surface area contributed by atoms with Crippen LogP contribution >= 0.6 is 0 Å². The van der Waals surface area contributed by atoms with Crippen LogP contribution in [-0.4, -0.2) is 39.4 Å². The van der Waals surface area contributed by atoms with Gasteiger partial charge in [0.05, 0.1) is 13.7 Å². The van der Waals surface area contributed by atoms with Crippen molar-refractivity contribution < 1.29 is 19.1 Å². The molecule has 2 aliphatic rings. The van der Waals surface area contributed by atoms with Gasteiger partial charge in [-0.05, 0) is 24.5 Å². The highest BCUT2D eigenvalue weighted by molar-refractivity contribution is 6.76. The molecule has 2 fully saturated rings. The average molecular weight is 297 g/mol. The second-order valence-corrected chi connectivity index (χ2v) is 12.3. The van der Waals surface area contributed by atoms with E-state index >= 15 is 0 Å². The first-order valence-corrected chi connectivity index (χ1v) is 10.7. The number of methoxy groups -OCH3 is 1. The minimum Gasteiger partial charge on any atom is -0.467 e. The summed E-state index contributed by atoms with van der Waals surface area (Å²) in [6.07, 6.45) is 2.10. The molecule has 2 rings (SSSR count). The van der Waals surface area contributed by atoms with Crippen LogP contribution in [0.2, 0.25) is 25.7 Å². The van der Waals surface area contributed by atoms with Crippen molar-refractivity contribution in [1.29, 1.82) is 0 Å². The maximum Gasteiger partial charge on any atom is 0.408 e. The van der Waals surface area contributed by atoms with E-state index in [1.165, 1.54) is 12.7 Å². The molecule has 1 atom stereocenters. The number of ether oxygens (including phenoxy) is 2. The van der Waals surface area contributed by atoms with Gasteiger partial charge in [0.25, 0.3) is 0 Å². The van der Waals surface area contributed by atoms with Crippen molar-refractivity contribution in [2.45, 2.75) is 50.5 Å². The maximum atomic E-state index is 11.9. The van der Waals surface area contributed by atoms with E-state index in [0.29, 0.717) is 13.0 Å². The van der Waals surface area contributed by atoms with Crippen LogP contribution in [0.3, 0.4) is 0 Å². The Hall–Kier alpha value is -1.30. The van der Waals surface area contributed by atoms with E-state index in [2.05, 4.69) is 25.0 Å². The first-order valence-electron chi connectivity index (χ1n) is 7.03. The molecule has 0 aliphatic heterocycles. The molecule has 1 unspecified atom stereocenters. The van der Waals surface area contributed by atoms with Gasteiger partial charge in [0.2, 0.25) is 0 Å². The number of nitrogens with one attached hydrogen (secondary N) is 1. The third kappa shape index (κ3) is 3.42. The van der Waals surface area contributed by atoms with Crippen molar-refractivity contribution in [2.24, 2.45) is 0 Å². The fourth-order valence-corrected chi connectivity index (χ4v) is 2.93. The summed E-state index contributed by atoms with van der Waals surface area (Å²) in [4.78, 5) is 23.7. The van der Waals surface area contributed by atoms with E-state index in [1.54, 1.807) is 0 Å². The van der Waals surface area contributed by atoms with Gasteiger partial charge in [-0.2, -0.15) is 0 Å². The van der Waals surface area contributed by atoms with Crippen LogP contribution in [-0.2, 0) is 14.3 Å². The van der Waals surface area contributed by atoms with Gasteiger partial charge in [-0.3, -0.25) is 0 Å². The van der Waals surface area contributed by atoms with E-state index < -0.39 is 25.7 Å². The number of alkyl carbamates (subject to hydrolysis) is 1. The van der Waals surface area contributed by atoms with Gasteiger partial charge in [-0.15, -0.1) is 0 Å². The number of hydrogen-bond donors (Lipinski definition) is 1. The Labute approximate surface area is 120 Å². The monoisotopic (exact) mass is 297 g/mol. The Bertz CT molecular complexity index is 460. The topological polar surface area (TPSA) is 64.6 Å². The number of amides is 1. The normalized spacial score (nSPS) is 24.2. The van der Waals surface area contributed by atoms with E-state index in [0.717, 1.165) is 24.5 Å². The van der Waals surface area contributed by atoms with Gasteiger partial charge >= 0.3 is 12.1 Å². The molecule has 0 aromatic rings. The van der Waals surface area contributed by atoms with Gasteiger partial charge < -0.3 is 14.8 Å². The first kappa shape index (κ1) is 15.1. The lowest BCUT2D eigenvalue weighted by Crippen LogP contribution is -2.44. The number of allylic oxidation sites excluding steroid dienone is 1. The lowest BCUT2D eigenvalue weighted by atomic mass is 10.2. The summed E-state index contributed by atoms with van der Waals surface area (Å²) < 4.78 is 10.0. The smallest absolute Gasteiger partial charge is 0.408 e. The molecule has 112 valence electrons. The highest BCUT2D eigenvalue weighted by Crippen LogP contribution is 2.52. The third-order valence-corrected chi connectivity index (χ3v) is 5.40. The predicted octanol–water partition coefficient (Wildman–Crippen LogP) is 2.46. The Morgan fingerprint density at radius 3 is 2.45 bits per heavy atom. The highest BCUT2D eigenvalue weighted by Gasteiger charge is 2.60. The third-order valence-electron chi connectivity index (χ3n) is 3.69. The molecule has 2 saturated carbocycles. The van der Waals surface area contributed by atoms with Crippen LogP contribution in [0, 0.1) is 0 Å². The molecule has 0 spiro atoms. The van der Waals surface area contributed by atoms with Gasteiger partial charge in [0.1, 0.15) is 0 Å². The second-order valence-electron chi connectivity index (χ2n) is 6.73. The molecule has 1 amide bonds.